The van der Waals surface area contributed by atoms with Gasteiger partial charge >= 0.3 is 0 Å². The van der Waals surface area contributed by atoms with Crippen molar-refractivity contribution >= 4 is 54.5 Å². The van der Waals surface area contributed by atoms with Gasteiger partial charge in [-0.3, -0.25) is 0 Å². The Kier molecular flexibility index (Phi) is 4.93. The third kappa shape index (κ3) is 3.52. The van der Waals surface area contributed by atoms with Crippen LogP contribution in [0, 0.1) is 0 Å². The molecule has 0 aliphatic heterocycles. The summed E-state index contributed by atoms with van der Waals surface area (Å²) in [6.45, 7) is 0. The quantitative estimate of drug-likeness (QED) is 0.220. The highest BCUT2D eigenvalue weighted by atomic mass is 16.3. The van der Waals surface area contributed by atoms with Crippen LogP contribution in [0.4, 0.5) is 0 Å². The average Bonchev–Trinajstić information content (AvgIpc) is 3.59. The molecule has 2 heterocycles. The maximum atomic E-state index is 6.08. The highest BCUT2D eigenvalue weighted by Crippen LogP contribution is 2.38. The lowest BCUT2D eigenvalue weighted by molar-refractivity contribution is 0.669. The number of furan rings is 1. The summed E-state index contributed by atoms with van der Waals surface area (Å²) in [7, 11) is 0. The lowest BCUT2D eigenvalue weighted by Crippen LogP contribution is -1.94. The standard InChI is InChI=1S/C40H25NO/c1-2-9-27-22-29(17-16-26(27)8-1)28-10-7-11-32(23-28)41-37-14-5-3-12-33(37)35-24-30(18-20-38(35)41)31-19-21-40-36(25-31)34-13-4-6-15-39(34)42-40/h1-25H. The van der Waals surface area contributed by atoms with E-state index in [1.54, 1.807) is 0 Å². The third-order valence-electron chi connectivity index (χ3n) is 8.57. The zero-order valence-corrected chi connectivity index (χ0v) is 22.8. The minimum absolute atomic E-state index is 0.920. The van der Waals surface area contributed by atoms with Gasteiger partial charge in [0, 0.05) is 27.2 Å². The molecule has 9 rings (SSSR count). The number of benzene rings is 7. The molecule has 196 valence electrons. The Balaban J connectivity index is 1.21. The molecule has 7 aromatic carbocycles. The Morgan fingerprint density at radius 3 is 1.93 bits per heavy atom. The molecule has 0 radical (unpaired) electrons. The Bertz CT molecular complexity index is 2470. The molecule has 0 atom stereocenters. The first kappa shape index (κ1) is 23.1. The second-order valence-electron chi connectivity index (χ2n) is 11.0. The zero-order valence-electron chi connectivity index (χ0n) is 22.8. The van der Waals surface area contributed by atoms with Crippen LogP contribution in [0.5, 0.6) is 0 Å². The number of hydrogen-bond acceptors (Lipinski definition) is 1. The van der Waals surface area contributed by atoms with Gasteiger partial charge in [-0.15, -0.1) is 0 Å². The van der Waals surface area contributed by atoms with Gasteiger partial charge in [0.25, 0.3) is 0 Å². The SMILES string of the molecule is c1cc(-c2ccc3ccccc3c2)cc(-n2c3ccccc3c3cc(-c4ccc5oc6ccccc6c5c4)ccc32)c1. The molecule has 42 heavy (non-hydrogen) atoms. The molecule has 0 spiro atoms. The Morgan fingerprint density at radius 2 is 1.00 bits per heavy atom. The summed E-state index contributed by atoms with van der Waals surface area (Å²) in [5, 5.41) is 7.31. The van der Waals surface area contributed by atoms with Crippen LogP contribution in [-0.4, -0.2) is 4.57 Å². The van der Waals surface area contributed by atoms with Crippen LogP contribution in [0.25, 0.3) is 82.5 Å². The van der Waals surface area contributed by atoms with Gasteiger partial charge in [0.1, 0.15) is 11.2 Å². The fourth-order valence-corrected chi connectivity index (χ4v) is 6.53. The maximum Gasteiger partial charge on any atom is 0.135 e. The summed E-state index contributed by atoms with van der Waals surface area (Å²) >= 11 is 0. The first-order chi connectivity index (χ1) is 20.8. The molecule has 2 heteroatoms. The summed E-state index contributed by atoms with van der Waals surface area (Å²) < 4.78 is 8.48. The second kappa shape index (κ2) is 8.95. The molecule has 0 bridgehead atoms. The van der Waals surface area contributed by atoms with E-state index < -0.39 is 0 Å². The van der Waals surface area contributed by atoms with Gasteiger partial charge in [0.05, 0.1) is 11.0 Å². The predicted molar refractivity (Wildman–Crippen MR) is 176 cm³/mol. The van der Waals surface area contributed by atoms with E-state index in [1.807, 2.05) is 12.1 Å². The number of hydrogen-bond donors (Lipinski definition) is 0. The van der Waals surface area contributed by atoms with E-state index in [4.69, 9.17) is 4.42 Å². The predicted octanol–water partition coefficient (Wildman–Crippen LogP) is 11.2. The van der Waals surface area contributed by atoms with Gasteiger partial charge < -0.3 is 8.98 Å². The van der Waals surface area contributed by atoms with Crippen molar-refractivity contribution in [2.24, 2.45) is 0 Å². The van der Waals surface area contributed by atoms with Gasteiger partial charge in [-0.05, 0) is 87.6 Å². The van der Waals surface area contributed by atoms with Crippen molar-refractivity contribution in [1.29, 1.82) is 0 Å². The average molecular weight is 536 g/mol. The van der Waals surface area contributed by atoms with Crippen LogP contribution < -0.4 is 0 Å². The van der Waals surface area contributed by atoms with E-state index in [0.717, 1.165) is 27.6 Å². The van der Waals surface area contributed by atoms with E-state index in [0.29, 0.717) is 0 Å². The molecular formula is C40H25NO. The van der Waals surface area contributed by atoms with E-state index in [9.17, 15) is 0 Å². The molecule has 0 amide bonds. The molecule has 0 saturated heterocycles. The number of para-hydroxylation sites is 2. The lowest BCUT2D eigenvalue weighted by Gasteiger charge is -2.11. The minimum atomic E-state index is 0.920. The molecule has 0 aliphatic carbocycles. The summed E-state index contributed by atoms with van der Waals surface area (Å²) in [5.41, 5.74) is 10.2. The Morgan fingerprint density at radius 1 is 0.357 bits per heavy atom. The molecule has 2 aromatic heterocycles. The maximum absolute atomic E-state index is 6.08. The van der Waals surface area contributed by atoms with Crippen molar-refractivity contribution < 1.29 is 4.42 Å². The van der Waals surface area contributed by atoms with Gasteiger partial charge in [0.15, 0.2) is 0 Å². The topological polar surface area (TPSA) is 18.1 Å². The van der Waals surface area contributed by atoms with E-state index in [-0.39, 0.29) is 0 Å². The molecule has 9 aromatic rings. The largest absolute Gasteiger partial charge is 0.456 e. The van der Waals surface area contributed by atoms with Gasteiger partial charge in [-0.25, -0.2) is 0 Å². The van der Waals surface area contributed by atoms with Crippen molar-refractivity contribution in [2.45, 2.75) is 0 Å². The second-order valence-corrected chi connectivity index (χ2v) is 11.0. The van der Waals surface area contributed by atoms with E-state index in [1.165, 1.54) is 54.8 Å². The normalized spacial score (nSPS) is 11.8. The van der Waals surface area contributed by atoms with E-state index >= 15 is 0 Å². The van der Waals surface area contributed by atoms with Crippen LogP contribution in [0.3, 0.4) is 0 Å². The van der Waals surface area contributed by atoms with Gasteiger partial charge in [0.2, 0.25) is 0 Å². The Hall–Kier alpha value is -5.60. The zero-order chi connectivity index (χ0) is 27.6. The molecule has 2 nitrogen and oxygen atoms in total. The summed E-state index contributed by atoms with van der Waals surface area (Å²) in [5.74, 6) is 0. The highest BCUT2D eigenvalue weighted by molar-refractivity contribution is 6.11. The number of fused-ring (bicyclic) bond motifs is 7. The van der Waals surface area contributed by atoms with Gasteiger partial charge in [-0.1, -0.05) is 97.1 Å². The first-order valence-electron chi connectivity index (χ1n) is 14.3. The van der Waals surface area contributed by atoms with Crippen LogP contribution in [0.1, 0.15) is 0 Å². The molecule has 0 unspecified atom stereocenters. The van der Waals surface area contributed by atoms with Crippen LogP contribution >= 0.6 is 0 Å². The first-order valence-corrected chi connectivity index (χ1v) is 14.3. The van der Waals surface area contributed by atoms with Gasteiger partial charge in [-0.2, -0.15) is 0 Å². The van der Waals surface area contributed by atoms with Crippen molar-refractivity contribution in [1.82, 2.24) is 4.57 Å². The van der Waals surface area contributed by atoms with Crippen LogP contribution in [0.15, 0.2) is 156 Å². The summed E-state index contributed by atoms with van der Waals surface area (Å²) in [6, 6.07) is 54.5. The van der Waals surface area contributed by atoms with Crippen LogP contribution in [-0.2, 0) is 0 Å². The number of nitrogens with zero attached hydrogens (tertiary/aromatic N) is 1. The molecule has 0 saturated carbocycles. The lowest BCUT2D eigenvalue weighted by atomic mass is 10.0. The smallest absolute Gasteiger partial charge is 0.135 e. The van der Waals surface area contributed by atoms with Crippen LogP contribution in [0.2, 0.25) is 0 Å². The molecule has 0 N–H and O–H groups in total. The fourth-order valence-electron chi connectivity index (χ4n) is 6.53. The molecular weight excluding hydrogens is 510 g/mol. The summed E-state index contributed by atoms with van der Waals surface area (Å²) in [6.07, 6.45) is 0. The highest BCUT2D eigenvalue weighted by Gasteiger charge is 2.15. The number of aromatic nitrogens is 1. The fraction of sp³-hybridized carbons (Fsp3) is 0. The van der Waals surface area contributed by atoms with Crippen molar-refractivity contribution in [3.8, 4) is 27.9 Å². The van der Waals surface area contributed by atoms with E-state index in [2.05, 4.69) is 144 Å². The van der Waals surface area contributed by atoms with Crippen molar-refractivity contribution in [3.63, 3.8) is 0 Å². The molecule has 0 aliphatic rings. The third-order valence-corrected chi connectivity index (χ3v) is 8.57. The monoisotopic (exact) mass is 535 g/mol. The van der Waals surface area contributed by atoms with Crippen molar-refractivity contribution in [3.05, 3.63) is 152 Å². The van der Waals surface area contributed by atoms with Crippen molar-refractivity contribution in [2.75, 3.05) is 0 Å². The minimum Gasteiger partial charge on any atom is -0.456 e. The molecule has 0 fully saturated rings. The Labute approximate surface area is 242 Å². The number of rotatable bonds is 3. The summed E-state index contributed by atoms with van der Waals surface area (Å²) in [4.78, 5) is 0.